The minimum Gasteiger partial charge on any atom is -0.325 e. The first-order valence-corrected chi connectivity index (χ1v) is 10.0. The molecule has 0 saturated carbocycles. The number of para-hydroxylation sites is 1. The summed E-state index contributed by atoms with van der Waals surface area (Å²) in [5, 5.41) is 4.44. The van der Waals surface area contributed by atoms with Crippen molar-refractivity contribution in [1.82, 2.24) is 9.13 Å². The first-order chi connectivity index (χ1) is 14.5. The minimum atomic E-state index is -0.584. The van der Waals surface area contributed by atoms with Gasteiger partial charge in [-0.25, -0.2) is 9.36 Å². The second-order valence-electron chi connectivity index (χ2n) is 6.66. The van der Waals surface area contributed by atoms with E-state index in [0.717, 1.165) is 4.57 Å². The molecule has 4 aromatic rings. The van der Waals surface area contributed by atoms with Crippen molar-refractivity contribution in [2.24, 2.45) is 0 Å². The predicted molar refractivity (Wildman–Crippen MR) is 117 cm³/mol. The van der Waals surface area contributed by atoms with Crippen LogP contribution in [0.25, 0.3) is 15.9 Å². The summed E-state index contributed by atoms with van der Waals surface area (Å²) in [6.45, 7) is 1.21. The largest absolute Gasteiger partial charge is 0.336 e. The highest BCUT2D eigenvalue weighted by molar-refractivity contribution is 7.17. The number of nitrogens with zero attached hydrogens (tertiary/aromatic N) is 2. The van der Waals surface area contributed by atoms with Gasteiger partial charge in [0.25, 0.3) is 5.56 Å². The maximum atomic E-state index is 13.1. The highest BCUT2D eigenvalue weighted by atomic mass is 32.1. The fraction of sp³-hybridized carbons (Fsp3) is 0.0909. The van der Waals surface area contributed by atoms with Crippen LogP contribution in [-0.2, 0) is 11.3 Å². The molecular weight excluding hydrogens is 402 g/mol. The van der Waals surface area contributed by atoms with Crippen LogP contribution in [0.1, 0.15) is 17.3 Å². The molecule has 8 heteroatoms. The van der Waals surface area contributed by atoms with Crippen LogP contribution in [0.4, 0.5) is 5.69 Å². The number of hydrogen-bond acceptors (Lipinski definition) is 5. The molecule has 30 heavy (non-hydrogen) atoms. The maximum Gasteiger partial charge on any atom is 0.336 e. The van der Waals surface area contributed by atoms with Gasteiger partial charge in [0.05, 0.1) is 11.2 Å². The number of fused-ring (bicyclic) bond motifs is 1. The Morgan fingerprint density at radius 2 is 1.67 bits per heavy atom. The van der Waals surface area contributed by atoms with E-state index in [-0.39, 0.29) is 12.3 Å². The van der Waals surface area contributed by atoms with Crippen LogP contribution < -0.4 is 16.6 Å². The van der Waals surface area contributed by atoms with Crippen molar-refractivity contribution in [2.45, 2.75) is 13.5 Å². The summed E-state index contributed by atoms with van der Waals surface area (Å²) in [6.07, 6.45) is 0. The number of amides is 1. The molecule has 2 aromatic heterocycles. The summed E-state index contributed by atoms with van der Waals surface area (Å²) >= 11 is 1.22. The van der Waals surface area contributed by atoms with Crippen LogP contribution >= 0.6 is 11.3 Å². The Morgan fingerprint density at radius 1 is 0.967 bits per heavy atom. The SMILES string of the molecule is CC(=O)c1ccc(NC(=O)Cn2c(=O)n(-c3ccccc3)c(=O)c3sccc32)cc1. The van der Waals surface area contributed by atoms with E-state index in [1.54, 1.807) is 66.0 Å². The molecule has 0 atom stereocenters. The molecule has 0 spiro atoms. The van der Waals surface area contributed by atoms with Gasteiger partial charge in [-0.2, -0.15) is 0 Å². The molecule has 2 heterocycles. The van der Waals surface area contributed by atoms with E-state index in [9.17, 15) is 19.2 Å². The zero-order valence-electron chi connectivity index (χ0n) is 16.0. The molecule has 0 aliphatic heterocycles. The van der Waals surface area contributed by atoms with Gasteiger partial charge in [0, 0.05) is 11.3 Å². The van der Waals surface area contributed by atoms with E-state index in [0.29, 0.717) is 27.2 Å². The molecule has 2 aromatic carbocycles. The number of anilines is 1. The van der Waals surface area contributed by atoms with Crippen molar-refractivity contribution < 1.29 is 9.59 Å². The smallest absolute Gasteiger partial charge is 0.325 e. The summed E-state index contributed by atoms with van der Waals surface area (Å²) in [6, 6.07) is 16.8. The number of benzene rings is 2. The average molecular weight is 419 g/mol. The van der Waals surface area contributed by atoms with Gasteiger partial charge in [-0.05, 0) is 54.8 Å². The molecule has 0 aliphatic carbocycles. The molecule has 7 nitrogen and oxygen atoms in total. The van der Waals surface area contributed by atoms with E-state index in [1.165, 1.54) is 22.8 Å². The lowest BCUT2D eigenvalue weighted by atomic mass is 10.1. The van der Waals surface area contributed by atoms with Gasteiger partial charge < -0.3 is 5.32 Å². The predicted octanol–water partition coefficient (Wildman–Crippen LogP) is 3.06. The summed E-state index contributed by atoms with van der Waals surface area (Å²) in [7, 11) is 0. The van der Waals surface area contributed by atoms with Gasteiger partial charge >= 0.3 is 5.69 Å². The highest BCUT2D eigenvalue weighted by Crippen LogP contribution is 2.17. The first-order valence-electron chi connectivity index (χ1n) is 9.15. The van der Waals surface area contributed by atoms with Crippen molar-refractivity contribution in [3.8, 4) is 5.69 Å². The Hall–Kier alpha value is -3.78. The van der Waals surface area contributed by atoms with Gasteiger partial charge in [-0.1, -0.05) is 18.2 Å². The lowest BCUT2D eigenvalue weighted by molar-refractivity contribution is -0.116. The summed E-state index contributed by atoms with van der Waals surface area (Å²) in [4.78, 5) is 50.0. The minimum absolute atomic E-state index is 0.0672. The third-order valence-electron chi connectivity index (χ3n) is 4.65. The number of rotatable bonds is 5. The second kappa shape index (κ2) is 7.92. The third kappa shape index (κ3) is 3.60. The molecule has 0 fully saturated rings. The molecule has 0 saturated heterocycles. The molecular formula is C22H17N3O4S. The highest BCUT2D eigenvalue weighted by Gasteiger charge is 2.17. The molecule has 0 aliphatic rings. The summed E-state index contributed by atoms with van der Waals surface area (Å²) < 4.78 is 2.77. The molecule has 0 bridgehead atoms. The average Bonchev–Trinajstić information content (AvgIpc) is 3.23. The summed E-state index contributed by atoms with van der Waals surface area (Å²) in [5.74, 6) is -0.485. The first kappa shape index (κ1) is 19.5. The van der Waals surface area contributed by atoms with Crippen LogP contribution in [-0.4, -0.2) is 20.8 Å². The standard InChI is InChI=1S/C22H17N3O4S/c1-14(26)15-7-9-16(10-8-15)23-19(27)13-24-18-11-12-30-20(18)21(28)25(22(24)29)17-5-3-2-4-6-17/h2-12H,13H2,1H3,(H,23,27). The fourth-order valence-corrected chi connectivity index (χ4v) is 4.00. The lowest BCUT2D eigenvalue weighted by Gasteiger charge is -2.12. The third-order valence-corrected chi connectivity index (χ3v) is 5.54. The normalized spacial score (nSPS) is 10.8. The Morgan fingerprint density at radius 3 is 2.33 bits per heavy atom. The quantitative estimate of drug-likeness (QED) is 0.504. The number of carbonyl (C=O) groups excluding carboxylic acids is 2. The zero-order valence-corrected chi connectivity index (χ0v) is 16.8. The molecule has 150 valence electrons. The van der Waals surface area contributed by atoms with E-state index in [4.69, 9.17) is 0 Å². The van der Waals surface area contributed by atoms with Gasteiger partial charge in [0.2, 0.25) is 5.91 Å². The number of carbonyl (C=O) groups is 2. The second-order valence-corrected chi connectivity index (χ2v) is 7.58. The van der Waals surface area contributed by atoms with Crippen molar-refractivity contribution in [3.63, 3.8) is 0 Å². The number of aromatic nitrogens is 2. The number of hydrogen-bond donors (Lipinski definition) is 1. The van der Waals surface area contributed by atoms with Crippen LogP contribution in [0.5, 0.6) is 0 Å². The topological polar surface area (TPSA) is 90.2 Å². The Balaban J connectivity index is 1.71. The van der Waals surface area contributed by atoms with Crippen molar-refractivity contribution in [3.05, 3.63) is 92.4 Å². The lowest BCUT2D eigenvalue weighted by Crippen LogP contribution is -2.40. The Kier molecular flexibility index (Phi) is 5.16. The number of Topliss-reactive ketones (excluding diaryl/α,β-unsaturated/α-hetero) is 1. The molecule has 0 radical (unpaired) electrons. The van der Waals surface area contributed by atoms with Crippen LogP contribution in [0, 0.1) is 0 Å². The Labute approximate surface area is 174 Å². The number of nitrogens with one attached hydrogen (secondary N) is 1. The van der Waals surface area contributed by atoms with Crippen LogP contribution in [0.3, 0.4) is 0 Å². The molecule has 1 N–H and O–H groups in total. The van der Waals surface area contributed by atoms with E-state index in [1.807, 2.05) is 0 Å². The summed E-state index contributed by atoms with van der Waals surface area (Å²) in [5.41, 5.74) is 0.919. The zero-order chi connectivity index (χ0) is 21.3. The molecule has 0 unspecified atom stereocenters. The van der Waals surface area contributed by atoms with E-state index in [2.05, 4.69) is 5.32 Å². The van der Waals surface area contributed by atoms with Crippen molar-refractivity contribution in [1.29, 1.82) is 0 Å². The van der Waals surface area contributed by atoms with Crippen LogP contribution in [0.15, 0.2) is 75.6 Å². The maximum absolute atomic E-state index is 13.1. The Bertz CT molecular complexity index is 1370. The van der Waals surface area contributed by atoms with E-state index < -0.39 is 17.2 Å². The van der Waals surface area contributed by atoms with Crippen LogP contribution in [0.2, 0.25) is 0 Å². The van der Waals surface area contributed by atoms with Crippen molar-refractivity contribution >= 4 is 38.9 Å². The van der Waals surface area contributed by atoms with Gasteiger partial charge in [0.1, 0.15) is 11.2 Å². The number of ketones is 1. The number of thiophene rings is 1. The fourth-order valence-electron chi connectivity index (χ4n) is 3.18. The monoisotopic (exact) mass is 419 g/mol. The van der Waals surface area contributed by atoms with Gasteiger partial charge in [0.15, 0.2) is 5.78 Å². The van der Waals surface area contributed by atoms with Gasteiger partial charge in [-0.3, -0.25) is 19.0 Å². The molecule has 4 rings (SSSR count). The van der Waals surface area contributed by atoms with E-state index >= 15 is 0 Å². The molecule has 1 amide bonds. The van der Waals surface area contributed by atoms with Gasteiger partial charge in [-0.15, -0.1) is 11.3 Å². The van der Waals surface area contributed by atoms with Crippen molar-refractivity contribution in [2.75, 3.05) is 5.32 Å².